The zero-order valence-electron chi connectivity index (χ0n) is 15.0. The van der Waals surface area contributed by atoms with E-state index in [9.17, 15) is 14.4 Å². The van der Waals surface area contributed by atoms with Crippen LogP contribution >= 0.6 is 34.9 Å². The first-order chi connectivity index (χ1) is 13.4. The Bertz CT molecular complexity index is 1250. The fourth-order valence-corrected chi connectivity index (χ4v) is 5.14. The van der Waals surface area contributed by atoms with E-state index in [2.05, 4.69) is 25.5 Å². The molecule has 1 N–H and O–H groups in total. The fraction of sp³-hybridized carbons (Fsp3) is 0.357. The average molecular weight is 439 g/mol. The first-order valence-electron chi connectivity index (χ1n) is 8.08. The Morgan fingerprint density at radius 1 is 1.21 bits per heavy atom. The van der Waals surface area contributed by atoms with Crippen molar-refractivity contribution in [3.8, 4) is 0 Å². The van der Waals surface area contributed by atoms with Gasteiger partial charge in [0.1, 0.15) is 0 Å². The van der Waals surface area contributed by atoms with E-state index in [-0.39, 0.29) is 5.91 Å². The monoisotopic (exact) mass is 438 g/mol. The van der Waals surface area contributed by atoms with E-state index in [0.717, 1.165) is 4.57 Å². The number of rotatable bonds is 4. The molecular weight excluding hydrogens is 424 g/mol. The number of aliphatic imine (C=N–C) groups is 1. The van der Waals surface area contributed by atoms with Gasteiger partial charge in [0.2, 0.25) is 11.0 Å². The minimum absolute atomic E-state index is 0.0910. The van der Waals surface area contributed by atoms with Gasteiger partial charge in [-0.15, -0.1) is 10.2 Å². The maximum absolute atomic E-state index is 12.6. The van der Waals surface area contributed by atoms with E-state index < -0.39 is 11.2 Å². The molecule has 0 aliphatic carbocycles. The third-order valence-electron chi connectivity index (χ3n) is 3.99. The Morgan fingerprint density at radius 3 is 2.68 bits per heavy atom. The molecule has 1 aliphatic heterocycles. The highest BCUT2D eigenvalue weighted by Gasteiger charge is 2.21. The number of hydrogen-bond acceptors (Lipinski definition) is 10. The predicted octanol–water partition coefficient (Wildman–Crippen LogP) is 0.307. The van der Waals surface area contributed by atoms with Gasteiger partial charge in [-0.2, -0.15) is 4.99 Å². The first-order valence-corrected chi connectivity index (χ1v) is 10.7. The highest BCUT2D eigenvalue weighted by Crippen LogP contribution is 2.34. The quantitative estimate of drug-likeness (QED) is 0.616. The Hall–Kier alpha value is -2.45. The van der Waals surface area contributed by atoms with Gasteiger partial charge in [-0.3, -0.25) is 18.7 Å². The Morgan fingerprint density at radius 2 is 2.00 bits per heavy atom. The number of amides is 1. The van der Waals surface area contributed by atoms with Crippen LogP contribution in [0.3, 0.4) is 0 Å². The molecule has 146 valence electrons. The lowest BCUT2D eigenvalue weighted by Gasteiger charge is -2.05. The topological polar surface area (TPSA) is 129 Å². The van der Waals surface area contributed by atoms with Gasteiger partial charge in [0.25, 0.3) is 5.56 Å². The van der Waals surface area contributed by atoms with Crippen LogP contribution in [0.5, 0.6) is 0 Å². The summed E-state index contributed by atoms with van der Waals surface area (Å²) < 4.78 is 4.75. The van der Waals surface area contributed by atoms with Crippen molar-refractivity contribution in [1.82, 2.24) is 34.2 Å². The highest BCUT2D eigenvalue weighted by atomic mass is 32.2. The van der Waals surface area contributed by atoms with Crippen molar-refractivity contribution in [3.63, 3.8) is 0 Å². The summed E-state index contributed by atoms with van der Waals surface area (Å²) in [5.74, 6) is 0.250. The number of thioether (sulfide) groups is 1. The molecule has 14 heteroatoms. The van der Waals surface area contributed by atoms with Crippen molar-refractivity contribution in [2.75, 3.05) is 5.75 Å². The first kappa shape index (κ1) is 18.9. The Balaban J connectivity index is 1.72. The molecule has 0 bridgehead atoms. The van der Waals surface area contributed by atoms with Crippen LogP contribution < -0.4 is 16.6 Å². The standard InChI is InChI=1S/C14H14N8O3S3/c1-4-22-7-8(20(2)14(25)21(3)9(7)24)16-12(22)28-13-19-18-11(27-13)17-10-15-6(23)5-26-10/h4-5H2,1-3H3,(H,15,17,18,23). The molecule has 3 aromatic heterocycles. The van der Waals surface area contributed by atoms with Gasteiger partial charge in [0, 0.05) is 20.6 Å². The molecule has 0 saturated carbocycles. The lowest BCUT2D eigenvalue weighted by Crippen LogP contribution is -2.37. The van der Waals surface area contributed by atoms with Gasteiger partial charge in [-0.25, -0.2) is 9.78 Å². The maximum Gasteiger partial charge on any atom is 0.332 e. The number of amidine groups is 1. The van der Waals surface area contributed by atoms with Crippen molar-refractivity contribution < 1.29 is 4.79 Å². The van der Waals surface area contributed by atoms with Crippen LogP contribution in [0.25, 0.3) is 11.2 Å². The van der Waals surface area contributed by atoms with Crippen molar-refractivity contribution in [2.45, 2.75) is 23.0 Å². The van der Waals surface area contributed by atoms with Crippen LogP contribution in [0.4, 0.5) is 5.13 Å². The molecule has 11 nitrogen and oxygen atoms in total. The molecule has 0 atom stereocenters. The van der Waals surface area contributed by atoms with E-state index >= 15 is 0 Å². The molecule has 1 saturated heterocycles. The molecule has 1 fully saturated rings. The largest absolute Gasteiger partial charge is 0.332 e. The number of fused-ring (bicyclic) bond motifs is 1. The molecule has 3 aromatic rings. The van der Waals surface area contributed by atoms with Gasteiger partial charge in [-0.1, -0.05) is 23.1 Å². The second-order valence-corrected chi connectivity index (χ2v) is 8.86. The van der Waals surface area contributed by atoms with Crippen LogP contribution in [-0.4, -0.2) is 45.7 Å². The third-order valence-corrected chi connectivity index (χ3v) is 6.72. The van der Waals surface area contributed by atoms with E-state index in [1.54, 1.807) is 11.6 Å². The summed E-state index contributed by atoms with van der Waals surface area (Å²) in [7, 11) is 3.03. The number of carbonyl (C=O) groups is 1. The summed E-state index contributed by atoms with van der Waals surface area (Å²) in [6.07, 6.45) is 0. The molecule has 0 unspecified atom stereocenters. The van der Waals surface area contributed by atoms with E-state index in [4.69, 9.17) is 0 Å². The van der Waals surface area contributed by atoms with Gasteiger partial charge in [0.05, 0.1) is 5.75 Å². The molecule has 1 aliphatic rings. The second-order valence-electron chi connectivity index (χ2n) is 5.72. The van der Waals surface area contributed by atoms with Gasteiger partial charge in [-0.05, 0) is 18.7 Å². The number of hydrogen-bond donors (Lipinski definition) is 1. The Labute approximate surface area is 169 Å². The van der Waals surface area contributed by atoms with Crippen LogP contribution in [0.2, 0.25) is 0 Å². The van der Waals surface area contributed by atoms with E-state index in [0.29, 0.717) is 43.3 Å². The molecule has 0 radical (unpaired) electrons. The summed E-state index contributed by atoms with van der Waals surface area (Å²) in [4.78, 5) is 44.7. The number of imidazole rings is 1. The predicted molar refractivity (Wildman–Crippen MR) is 108 cm³/mol. The number of nitrogens with zero attached hydrogens (tertiary/aromatic N) is 7. The van der Waals surface area contributed by atoms with Crippen molar-refractivity contribution in [3.05, 3.63) is 20.8 Å². The van der Waals surface area contributed by atoms with Gasteiger partial charge in [0.15, 0.2) is 25.8 Å². The second kappa shape index (κ2) is 7.18. The third kappa shape index (κ3) is 3.16. The summed E-state index contributed by atoms with van der Waals surface area (Å²) in [5.41, 5.74) is -0.130. The number of aryl methyl sites for hydroxylation is 2. The summed E-state index contributed by atoms with van der Waals surface area (Å²) in [6.45, 7) is 2.40. The lowest BCUT2D eigenvalue weighted by atomic mass is 10.5. The zero-order chi connectivity index (χ0) is 20.0. The number of nitrogens with one attached hydrogen (secondary N) is 1. The Kier molecular flexibility index (Phi) is 4.84. The molecule has 0 aromatic carbocycles. The molecule has 4 heterocycles. The summed E-state index contributed by atoms with van der Waals surface area (Å²) in [6, 6.07) is 0. The average Bonchev–Trinajstić information content (AvgIpc) is 3.38. The normalized spacial score (nSPS) is 15.7. The smallest absolute Gasteiger partial charge is 0.313 e. The van der Waals surface area contributed by atoms with Gasteiger partial charge < -0.3 is 9.88 Å². The van der Waals surface area contributed by atoms with Crippen LogP contribution in [0, 0.1) is 0 Å². The zero-order valence-corrected chi connectivity index (χ0v) is 17.4. The number of carbonyl (C=O) groups excluding carboxylic acids is 1. The minimum Gasteiger partial charge on any atom is -0.313 e. The van der Waals surface area contributed by atoms with E-state index in [1.165, 1.54) is 46.5 Å². The van der Waals surface area contributed by atoms with E-state index in [1.807, 2.05) is 6.92 Å². The summed E-state index contributed by atoms with van der Waals surface area (Å²) >= 11 is 3.79. The minimum atomic E-state index is -0.431. The molecule has 4 rings (SSSR count). The molecule has 0 spiro atoms. The number of aromatic nitrogens is 6. The van der Waals surface area contributed by atoms with Crippen LogP contribution in [0.1, 0.15) is 6.92 Å². The lowest BCUT2D eigenvalue weighted by molar-refractivity contribution is -0.116. The van der Waals surface area contributed by atoms with Crippen molar-refractivity contribution >= 4 is 62.2 Å². The SMILES string of the molecule is CCn1c(Sc2nnc(/N=C3\NC(=O)CS3)s2)nc2c1c(=O)n(C)c(=O)n2C. The fourth-order valence-electron chi connectivity index (χ4n) is 2.64. The maximum atomic E-state index is 12.6. The highest BCUT2D eigenvalue weighted by molar-refractivity contribution is 8.15. The van der Waals surface area contributed by atoms with Crippen molar-refractivity contribution in [2.24, 2.45) is 19.1 Å². The van der Waals surface area contributed by atoms with Crippen LogP contribution in [0.15, 0.2) is 24.1 Å². The van der Waals surface area contributed by atoms with Crippen molar-refractivity contribution in [1.29, 1.82) is 0 Å². The van der Waals surface area contributed by atoms with Crippen LogP contribution in [-0.2, 0) is 25.4 Å². The molecule has 1 amide bonds. The van der Waals surface area contributed by atoms with Gasteiger partial charge >= 0.3 is 5.69 Å². The molecule has 28 heavy (non-hydrogen) atoms. The molecular formula is C14H14N8O3S3. The summed E-state index contributed by atoms with van der Waals surface area (Å²) in [5, 5.41) is 12.2.